The molecule has 0 heterocycles. The fourth-order valence-corrected chi connectivity index (χ4v) is 1.10. The summed E-state index contributed by atoms with van der Waals surface area (Å²) in [5.74, 6) is 0. The predicted molar refractivity (Wildman–Crippen MR) is 78.8 cm³/mol. The van der Waals surface area contributed by atoms with Crippen LogP contribution in [0.2, 0.25) is 0 Å². The molecule has 0 atom stereocenters. The third kappa shape index (κ3) is 25.8. The van der Waals surface area contributed by atoms with Crippen LogP contribution in [-0.2, 0) is 0 Å². The van der Waals surface area contributed by atoms with Crippen LogP contribution in [0.15, 0.2) is 0 Å². The smallest absolute Gasteiger partial charge is 0.0103 e. The van der Waals surface area contributed by atoms with Crippen LogP contribution in [0, 0.1) is 0 Å². The van der Waals surface area contributed by atoms with Crippen LogP contribution < -0.4 is 0 Å². The summed E-state index contributed by atoms with van der Waals surface area (Å²) in [6.07, 6.45) is 1.26. The van der Waals surface area contributed by atoms with Crippen molar-refractivity contribution in [3.63, 3.8) is 0 Å². The monoisotopic (exact) mass is 246 g/mol. The molecule has 0 bridgehead atoms. The fourth-order valence-electron chi connectivity index (χ4n) is 1.10. The average molecular weight is 246 g/mol. The Morgan fingerprint density at radius 1 is 0.412 bits per heavy atom. The number of likely N-dealkylation sites (N-methyl/N-ethyl adjacent to an activating group) is 2. The van der Waals surface area contributed by atoms with Gasteiger partial charge in [0, 0.05) is 13.1 Å². The lowest BCUT2D eigenvalue weighted by molar-refractivity contribution is 0.320. The summed E-state index contributed by atoms with van der Waals surface area (Å²) in [6.45, 7) is 4.68. The Morgan fingerprint density at radius 3 is 0.824 bits per heavy atom. The zero-order valence-electron chi connectivity index (χ0n) is 13.3. The molecular weight excluding hydrogens is 212 g/mol. The largest absolute Gasteiger partial charge is 0.309 e. The van der Waals surface area contributed by atoms with Crippen molar-refractivity contribution in [3.8, 4) is 0 Å². The lowest BCUT2D eigenvalue weighted by atomic mass is 10.4. The summed E-state index contributed by atoms with van der Waals surface area (Å²) >= 11 is 0. The molecule has 0 aliphatic rings. The highest BCUT2D eigenvalue weighted by atomic mass is 15.1. The van der Waals surface area contributed by atoms with Gasteiger partial charge in [-0.1, -0.05) is 0 Å². The average Bonchev–Trinajstić information content (AvgIpc) is 2.14. The molecule has 0 saturated heterocycles. The van der Waals surface area contributed by atoms with Gasteiger partial charge in [0.15, 0.2) is 0 Å². The molecule has 0 radical (unpaired) electrons. The molecule has 4 heteroatoms. The van der Waals surface area contributed by atoms with Gasteiger partial charge in [0.1, 0.15) is 0 Å². The highest BCUT2D eigenvalue weighted by Gasteiger charge is 1.91. The van der Waals surface area contributed by atoms with Gasteiger partial charge in [-0.15, -0.1) is 0 Å². The third-order valence-electron chi connectivity index (χ3n) is 2.21. The van der Waals surface area contributed by atoms with Crippen LogP contribution >= 0.6 is 0 Å². The van der Waals surface area contributed by atoms with E-state index in [1.165, 1.54) is 19.5 Å². The van der Waals surface area contributed by atoms with Crippen molar-refractivity contribution >= 4 is 0 Å². The van der Waals surface area contributed by atoms with E-state index in [2.05, 4.69) is 76.0 Å². The standard InChI is InChI=1S/C7H18N2.C6H16N2/c1-8(2)6-5-7-9(3)4;1-7(2)5-6-8(3)4/h5-7H2,1-4H3;5-6H2,1-4H3. The van der Waals surface area contributed by atoms with Crippen molar-refractivity contribution in [2.45, 2.75) is 6.42 Å². The van der Waals surface area contributed by atoms with Crippen LogP contribution in [0.1, 0.15) is 6.42 Å². The zero-order valence-corrected chi connectivity index (χ0v) is 13.3. The van der Waals surface area contributed by atoms with E-state index in [4.69, 9.17) is 0 Å². The van der Waals surface area contributed by atoms with Crippen molar-refractivity contribution in [2.75, 3.05) is 82.6 Å². The van der Waals surface area contributed by atoms with Gasteiger partial charge in [-0.2, -0.15) is 0 Å². The molecule has 17 heavy (non-hydrogen) atoms. The van der Waals surface area contributed by atoms with Crippen molar-refractivity contribution < 1.29 is 0 Å². The van der Waals surface area contributed by atoms with Crippen LogP contribution in [0.5, 0.6) is 0 Å². The molecule has 0 unspecified atom stereocenters. The number of nitrogens with zero attached hydrogens (tertiary/aromatic N) is 4. The van der Waals surface area contributed by atoms with Crippen molar-refractivity contribution in [3.05, 3.63) is 0 Å². The number of rotatable bonds is 7. The Labute approximate surface area is 109 Å². The maximum atomic E-state index is 2.21. The molecule has 0 aliphatic heterocycles. The molecule has 0 saturated carbocycles. The van der Waals surface area contributed by atoms with E-state index in [1.807, 2.05) is 0 Å². The summed E-state index contributed by atoms with van der Waals surface area (Å²) < 4.78 is 0. The molecule has 0 amide bonds. The Balaban J connectivity index is 0. The molecule has 0 fully saturated rings. The molecular formula is C13H34N4. The van der Waals surface area contributed by atoms with E-state index >= 15 is 0 Å². The first-order valence-corrected chi connectivity index (χ1v) is 6.34. The van der Waals surface area contributed by atoms with E-state index in [9.17, 15) is 0 Å². The maximum Gasteiger partial charge on any atom is 0.0103 e. The second-order valence-corrected chi connectivity index (χ2v) is 5.57. The van der Waals surface area contributed by atoms with E-state index in [-0.39, 0.29) is 0 Å². The zero-order chi connectivity index (χ0) is 13.8. The van der Waals surface area contributed by atoms with Gasteiger partial charge in [-0.3, -0.25) is 0 Å². The highest BCUT2D eigenvalue weighted by Crippen LogP contribution is 1.84. The Bertz CT molecular complexity index is 128. The molecule has 0 aliphatic carbocycles. The highest BCUT2D eigenvalue weighted by molar-refractivity contribution is 4.47. The maximum absolute atomic E-state index is 2.21. The van der Waals surface area contributed by atoms with Crippen molar-refractivity contribution in [1.29, 1.82) is 0 Å². The SMILES string of the molecule is CN(C)CCCN(C)C.CN(C)CCN(C)C. The van der Waals surface area contributed by atoms with Gasteiger partial charge in [0.2, 0.25) is 0 Å². The molecule has 0 rings (SSSR count). The van der Waals surface area contributed by atoms with Gasteiger partial charge in [-0.25, -0.2) is 0 Å². The third-order valence-corrected chi connectivity index (χ3v) is 2.21. The number of hydrogen-bond donors (Lipinski definition) is 0. The van der Waals surface area contributed by atoms with Crippen LogP contribution in [0.3, 0.4) is 0 Å². The van der Waals surface area contributed by atoms with Gasteiger partial charge in [0.05, 0.1) is 0 Å². The van der Waals surface area contributed by atoms with E-state index in [1.54, 1.807) is 0 Å². The fraction of sp³-hybridized carbons (Fsp3) is 1.00. The Hall–Kier alpha value is -0.160. The lowest BCUT2D eigenvalue weighted by Crippen LogP contribution is -2.25. The predicted octanol–water partition coefficient (Wildman–Crippen LogP) is 0.609. The first-order valence-electron chi connectivity index (χ1n) is 6.34. The summed E-state index contributed by atoms with van der Waals surface area (Å²) in [7, 11) is 16.8. The first kappa shape index (κ1) is 19.2. The molecule has 0 spiro atoms. The minimum Gasteiger partial charge on any atom is -0.309 e. The Kier molecular flexibility index (Phi) is 13.9. The second-order valence-electron chi connectivity index (χ2n) is 5.57. The van der Waals surface area contributed by atoms with Gasteiger partial charge in [-0.05, 0) is 75.9 Å². The van der Waals surface area contributed by atoms with Crippen molar-refractivity contribution in [1.82, 2.24) is 19.6 Å². The molecule has 106 valence electrons. The molecule has 4 nitrogen and oxygen atoms in total. The summed E-state index contributed by atoms with van der Waals surface area (Å²) in [6, 6.07) is 0. The van der Waals surface area contributed by atoms with E-state index in [0.717, 1.165) is 13.1 Å². The van der Waals surface area contributed by atoms with E-state index < -0.39 is 0 Å². The second kappa shape index (κ2) is 12.3. The van der Waals surface area contributed by atoms with Crippen LogP contribution in [-0.4, -0.2) is 102 Å². The van der Waals surface area contributed by atoms with E-state index in [0.29, 0.717) is 0 Å². The molecule has 0 aromatic heterocycles. The summed E-state index contributed by atoms with van der Waals surface area (Å²) in [5, 5.41) is 0. The molecule has 0 N–H and O–H groups in total. The minimum absolute atomic E-state index is 1.15. The normalized spacial score (nSPS) is 11.3. The molecule has 0 aromatic rings. The van der Waals surface area contributed by atoms with Gasteiger partial charge >= 0.3 is 0 Å². The van der Waals surface area contributed by atoms with Gasteiger partial charge < -0.3 is 19.6 Å². The summed E-state index contributed by atoms with van der Waals surface area (Å²) in [5.41, 5.74) is 0. The van der Waals surface area contributed by atoms with Crippen LogP contribution in [0.4, 0.5) is 0 Å². The Morgan fingerprint density at radius 2 is 0.647 bits per heavy atom. The van der Waals surface area contributed by atoms with Gasteiger partial charge in [0.25, 0.3) is 0 Å². The molecule has 0 aromatic carbocycles. The summed E-state index contributed by atoms with van der Waals surface area (Å²) in [4.78, 5) is 8.78. The number of hydrogen-bond acceptors (Lipinski definition) is 4. The quantitative estimate of drug-likeness (QED) is 0.652. The van der Waals surface area contributed by atoms with Crippen molar-refractivity contribution in [2.24, 2.45) is 0 Å². The minimum atomic E-state index is 1.15. The first-order chi connectivity index (χ1) is 7.75. The lowest BCUT2D eigenvalue weighted by Gasteiger charge is -2.13. The topological polar surface area (TPSA) is 13.0 Å². The van der Waals surface area contributed by atoms with Crippen LogP contribution in [0.25, 0.3) is 0 Å².